The molecule has 1 unspecified atom stereocenters. The van der Waals surface area contributed by atoms with Gasteiger partial charge in [0, 0.05) is 24.4 Å². The molecule has 138 valence electrons. The van der Waals surface area contributed by atoms with Gasteiger partial charge in [-0.25, -0.2) is 4.98 Å². The predicted octanol–water partition coefficient (Wildman–Crippen LogP) is 4.05. The minimum atomic E-state index is -4.74. The number of rotatable bonds is 4. The first-order chi connectivity index (χ1) is 12.2. The van der Waals surface area contributed by atoms with E-state index in [1.54, 1.807) is 43.3 Å². The lowest BCUT2D eigenvalue weighted by Crippen LogP contribution is -2.27. The number of halogens is 3. The van der Waals surface area contributed by atoms with Crippen molar-refractivity contribution in [3.63, 3.8) is 0 Å². The first-order valence-corrected chi connectivity index (χ1v) is 8.04. The summed E-state index contributed by atoms with van der Waals surface area (Å²) in [6.07, 6.45) is -3.16. The summed E-state index contributed by atoms with van der Waals surface area (Å²) in [5, 5.41) is 2.97. The molecule has 5 nitrogen and oxygen atoms in total. The van der Waals surface area contributed by atoms with Gasteiger partial charge in [-0.3, -0.25) is 4.79 Å². The molecule has 1 aromatic carbocycles. The second kappa shape index (κ2) is 6.51. The summed E-state index contributed by atoms with van der Waals surface area (Å²) < 4.78 is 41.2. The number of nitrogens with zero attached hydrogens (tertiary/aromatic N) is 2. The zero-order chi connectivity index (χ0) is 19.1. The van der Waals surface area contributed by atoms with Gasteiger partial charge >= 0.3 is 6.36 Å². The fourth-order valence-electron chi connectivity index (χ4n) is 3.13. The molecule has 2 aromatic rings. The van der Waals surface area contributed by atoms with E-state index in [4.69, 9.17) is 0 Å². The molecule has 0 saturated carbocycles. The predicted molar refractivity (Wildman–Crippen MR) is 89.9 cm³/mol. The van der Waals surface area contributed by atoms with E-state index < -0.39 is 6.36 Å². The van der Waals surface area contributed by atoms with E-state index in [0.717, 1.165) is 11.1 Å². The Labute approximate surface area is 148 Å². The molecule has 8 heteroatoms. The summed E-state index contributed by atoms with van der Waals surface area (Å²) in [6, 6.07) is 5.81. The van der Waals surface area contributed by atoms with Crippen LogP contribution < -0.4 is 10.1 Å². The third kappa shape index (κ3) is 3.31. The zero-order valence-electron chi connectivity index (χ0n) is 14.5. The molecular formula is C18H18F3N3O2. The van der Waals surface area contributed by atoms with E-state index in [1.165, 1.54) is 6.07 Å². The second-order valence-corrected chi connectivity index (χ2v) is 6.12. The molecule has 1 N–H and O–H groups in total. The number of carbonyl (C=O) groups is 1. The molecule has 0 radical (unpaired) electrons. The number of ether oxygens (including phenoxy) is 1. The molecule has 1 atom stereocenters. The van der Waals surface area contributed by atoms with Crippen molar-refractivity contribution in [1.29, 1.82) is 0 Å². The van der Waals surface area contributed by atoms with Crippen molar-refractivity contribution >= 4 is 11.7 Å². The molecule has 1 aromatic heterocycles. The minimum absolute atomic E-state index is 0.125. The topological polar surface area (TPSA) is 54.5 Å². The van der Waals surface area contributed by atoms with E-state index in [1.807, 2.05) is 6.92 Å². The first kappa shape index (κ1) is 18.0. The Kier molecular flexibility index (Phi) is 4.52. The van der Waals surface area contributed by atoms with Gasteiger partial charge in [0.15, 0.2) is 0 Å². The van der Waals surface area contributed by atoms with Crippen molar-refractivity contribution in [2.24, 2.45) is 0 Å². The lowest BCUT2D eigenvalue weighted by Gasteiger charge is -2.25. The molecule has 1 aliphatic rings. The average Bonchev–Trinajstić information content (AvgIpc) is 2.92. The highest BCUT2D eigenvalue weighted by Gasteiger charge is 2.34. The molecule has 0 saturated heterocycles. The summed E-state index contributed by atoms with van der Waals surface area (Å²) in [5.41, 5.74) is 2.50. The summed E-state index contributed by atoms with van der Waals surface area (Å²) >= 11 is 0. The van der Waals surface area contributed by atoms with Crippen LogP contribution in [0.5, 0.6) is 5.75 Å². The van der Waals surface area contributed by atoms with Gasteiger partial charge in [-0.05, 0) is 37.1 Å². The maximum atomic E-state index is 12.7. The van der Waals surface area contributed by atoms with Crippen molar-refractivity contribution in [1.82, 2.24) is 9.88 Å². The number of benzene rings is 1. The first-order valence-electron chi connectivity index (χ1n) is 8.04. The number of fused-ring (bicyclic) bond motifs is 1. The maximum absolute atomic E-state index is 12.7. The van der Waals surface area contributed by atoms with Crippen LogP contribution in [0.4, 0.5) is 19.0 Å². The van der Waals surface area contributed by atoms with Crippen LogP contribution in [0, 0.1) is 6.92 Å². The standard InChI is InChI=1S/C18H18F3N3O2/c1-10-8-12(4-5-15(10)26-18(19,20)21)11(2)24-9-14-13(17(24)25)6-7-23-16(14)22-3/h4-8,11H,9H2,1-3H3,(H,22,23). The molecule has 1 amide bonds. The van der Waals surface area contributed by atoms with Gasteiger partial charge in [-0.15, -0.1) is 13.2 Å². The molecular weight excluding hydrogens is 347 g/mol. The normalized spacial score (nSPS) is 15.0. The molecule has 1 aliphatic heterocycles. The number of aryl methyl sites for hydroxylation is 1. The monoisotopic (exact) mass is 365 g/mol. The Morgan fingerprint density at radius 2 is 2.04 bits per heavy atom. The van der Waals surface area contributed by atoms with Crippen LogP contribution >= 0.6 is 0 Å². The lowest BCUT2D eigenvalue weighted by atomic mass is 10.0. The fraction of sp³-hybridized carbons (Fsp3) is 0.333. The maximum Gasteiger partial charge on any atom is 0.573 e. The van der Waals surface area contributed by atoms with E-state index in [2.05, 4.69) is 15.0 Å². The number of anilines is 1. The quantitative estimate of drug-likeness (QED) is 0.888. The highest BCUT2D eigenvalue weighted by molar-refractivity contribution is 5.99. The number of amides is 1. The Morgan fingerprint density at radius 3 is 2.65 bits per heavy atom. The van der Waals surface area contributed by atoms with E-state index in [9.17, 15) is 18.0 Å². The lowest BCUT2D eigenvalue weighted by molar-refractivity contribution is -0.274. The Morgan fingerprint density at radius 1 is 1.31 bits per heavy atom. The molecule has 26 heavy (non-hydrogen) atoms. The van der Waals surface area contributed by atoms with Crippen molar-refractivity contribution in [2.75, 3.05) is 12.4 Å². The van der Waals surface area contributed by atoms with Crippen LogP contribution in [-0.2, 0) is 6.54 Å². The van der Waals surface area contributed by atoms with Crippen LogP contribution in [0.25, 0.3) is 0 Å². The Hall–Kier alpha value is -2.77. The number of nitrogens with one attached hydrogen (secondary N) is 1. The molecule has 0 aliphatic carbocycles. The number of alkyl halides is 3. The van der Waals surface area contributed by atoms with Crippen LogP contribution in [0.15, 0.2) is 30.5 Å². The zero-order valence-corrected chi connectivity index (χ0v) is 14.5. The summed E-state index contributed by atoms with van der Waals surface area (Å²) in [7, 11) is 1.74. The Bertz CT molecular complexity index is 852. The highest BCUT2D eigenvalue weighted by atomic mass is 19.4. The molecule has 0 spiro atoms. The minimum Gasteiger partial charge on any atom is -0.406 e. The number of pyridine rings is 1. The van der Waals surface area contributed by atoms with Gasteiger partial charge in [0.2, 0.25) is 0 Å². The third-order valence-electron chi connectivity index (χ3n) is 4.49. The van der Waals surface area contributed by atoms with Crippen molar-refractivity contribution in [3.8, 4) is 5.75 Å². The van der Waals surface area contributed by atoms with Crippen LogP contribution in [0.1, 0.15) is 40.0 Å². The largest absolute Gasteiger partial charge is 0.573 e. The van der Waals surface area contributed by atoms with Gasteiger partial charge < -0.3 is 15.0 Å². The van der Waals surface area contributed by atoms with Crippen molar-refractivity contribution < 1.29 is 22.7 Å². The fourth-order valence-corrected chi connectivity index (χ4v) is 3.13. The highest BCUT2D eigenvalue weighted by Crippen LogP contribution is 2.35. The van der Waals surface area contributed by atoms with E-state index >= 15 is 0 Å². The van der Waals surface area contributed by atoms with Gasteiger partial charge in [-0.2, -0.15) is 0 Å². The summed E-state index contributed by atoms with van der Waals surface area (Å²) in [6.45, 7) is 3.77. The summed E-state index contributed by atoms with van der Waals surface area (Å²) in [5.74, 6) is 0.279. The van der Waals surface area contributed by atoms with Crippen LogP contribution in [0.3, 0.4) is 0 Å². The molecule has 0 bridgehead atoms. The van der Waals surface area contributed by atoms with Gasteiger partial charge in [0.05, 0.1) is 12.6 Å². The van der Waals surface area contributed by atoms with Crippen molar-refractivity contribution in [3.05, 3.63) is 52.7 Å². The third-order valence-corrected chi connectivity index (χ3v) is 4.49. The van der Waals surface area contributed by atoms with Crippen molar-refractivity contribution in [2.45, 2.75) is 32.8 Å². The SMILES string of the molecule is CNc1nccc2c1CN(C(C)c1ccc(OC(F)(F)F)c(C)c1)C2=O. The smallest absolute Gasteiger partial charge is 0.406 e. The van der Waals surface area contributed by atoms with E-state index in [0.29, 0.717) is 23.5 Å². The van der Waals surface area contributed by atoms with Crippen LogP contribution in [0.2, 0.25) is 0 Å². The number of aromatic nitrogens is 1. The number of hydrogen-bond acceptors (Lipinski definition) is 4. The Balaban J connectivity index is 1.85. The summed E-state index contributed by atoms with van der Waals surface area (Å²) in [4.78, 5) is 18.6. The number of carbonyl (C=O) groups excluding carboxylic acids is 1. The number of hydrogen-bond donors (Lipinski definition) is 1. The molecule has 2 heterocycles. The molecule has 3 rings (SSSR count). The van der Waals surface area contributed by atoms with Gasteiger partial charge in [0.25, 0.3) is 5.91 Å². The second-order valence-electron chi connectivity index (χ2n) is 6.12. The van der Waals surface area contributed by atoms with E-state index in [-0.39, 0.29) is 17.7 Å². The van der Waals surface area contributed by atoms with Crippen LogP contribution in [-0.4, -0.2) is 29.2 Å². The van der Waals surface area contributed by atoms with Gasteiger partial charge in [0.1, 0.15) is 11.6 Å². The van der Waals surface area contributed by atoms with Gasteiger partial charge in [-0.1, -0.05) is 12.1 Å². The molecule has 0 fully saturated rings. The average molecular weight is 365 g/mol.